The minimum absolute atomic E-state index is 0.0168. The van der Waals surface area contributed by atoms with Gasteiger partial charge in [-0.3, -0.25) is 28.5 Å². The highest BCUT2D eigenvalue weighted by molar-refractivity contribution is 7.57. The molecule has 2 aromatic carbocycles. The summed E-state index contributed by atoms with van der Waals surface area (Å²) in [4.78, 5) is 73.3. The molecule has 0 radical (unpaired) electrons. The first kappa shape index (κ1) is 41.4. The van der Waals surface area contributed by atoms with E-state index in [4.69, 9.17) is 14.0 Å². The fraction of sp³-hybridized carbons (Fsp3) is 0.548. The van der Waals surface area contributed by atoms with Crippen LogP contribution in [0.15, 0.2) is 54.6 Å². The molecule has 2 unspecified atom stereocenters. The Morgan fingerprint density at radius 3 is 2.37 bits per heavy atom. The lowest BCUT2D eigenvalue weighted by Crippen LogP contribution is -2.62. The predicted molar refractivity (Wildman–Crippen MR) is 217 cm³/mol. The van der Waals surface area contributed by atoms with Gasteiger partial charge in [-0.15, -0.1) is 11.3 Å². The van der Waals surface area contributed by atoms with Crippen LogP contribution in [0.1, 0.15) is 74.0 Å². The van der Waals surface area contributed by atoms with E-state index in [1.165, 1.54) is 42.5 Å². The summed E-state index contributed by atoms with van der Waals surface area (Å²) in [5.41, 5.74) is 0.0168. The van der Waals surface area contributed by atoms with Gasteiger partial charge in [0.25, 0.3) is 5.91 Å². The number of carbonyl (C=O) groups is 5. The van der Waals surface area contributed by atoms with Crippen LogP contribution in [0.4, 0.5) is 4.39 Å². The lowest BCUT2D eigenvalue weighted by molar-refractivity contribution is -0.157. The second kappa shape index (κ2) is 16.9. The fourth-order valence-electron chi connectivity index (χ4n) is 8.88. The quantitative estimate of drug-likeness (QED) is 0.181. The molecule has 2 N–H and O–H groups in total. The van der Waals surface area contributed by atoms with Crippen LogP contribution < -0.4 is 14.9 Å². The standard InChI is InChI=1S/C42H51FN5O9PS/c1-24(2)56-42(53)25(3)45-58(54,57-32-7-5-4-6-8-32)37(43)26-9-12-35-29(17-26)21-36(59-35)38(49)44-33-20-28-18-27(28)19-31-10-11-34(48(31)40(33)51)41(52)47-22-30(23-47)39(50)46-13-15-55-16-14-46/h4-9,12,17,21,24-25,27-28,30-31,33-34,37H,10-11,13-16,18-20,22-23H2,1-3H3,(H,44,49)(H,45,54)/t25-,27+,28-,31+,33-,34-,37?,58?/m0/s1. The predicted octanol–water partition coefficient (Wildman–Crippen LogP) is 5.28. The maximum Gasteiger partial charge on any atom is 0.355 e. The number of nitrogens with one attached hydrogen (secondary N) is 2. The summed E-state index contributed by atoms with van der Waals surface area (Å²) in [5, 5.41) is 6.10. The summed E-state index contributed by atoms with van der Waals surface area (Å²) >= 11 is 1.18. The summed E-state index contributed by atoms with van der Waals surface area (Å²) < 4.78 is 47.9. The summed E-state index contributed by atoms with van der Waals surface area (Å²) in [6.45, 7) is 7.57. The molecule has 4 amide bonds. The smallest absolute Gasteiger partial charge is 0.355 e. The van der Waals surface area contributed by atoms with Crippen molar-refractivity contribution in [3.05, 3.63) is 65.0 Å². The summed E-state index contributed by atoms with van der Waals surface area (Å²) in [5.74, 6) is -3.09. The first-order valence-corrected chi connectivity index (χ1v) is 23.1. The average Bonchev–Trinajstić information content (AvgIpc) is 3.55. The molecule has 14 nitrogen and oxygen atoms in total. The molecule has 59 heavy (non-hydrogen) atoms. The second-order valence-corrected chi connectivity index (χ2v) is 19.9. The van der Waals surface area contributed by atoms with Crippen molar-refractivity contribution in [2.45, 2.75) is 89.1 Å². The second-order valence-electron chi connectivity index (χ2n) is 16.7. The first-order valence-electron chi connectivity index (χ1n) is 20.6. The molecule has 3 aromatic rings. The summed E-state index contributed by atoms with van der Waals surface area (Å²) in [6.07, 6.45) is 3.11. The van der Waals surface area contributed by atoms with Crippen molar-refractivity contribution in [3.63, 3.8) is 0 Å². The molecule has 1 aromatic heterocycles. The van der Waals surface area contributed by atoms with Crippen LogP contribution in [0.2, 0.25) is 0 Å². The molecule has 316 valence electrons. The van der Waals surface area contributed by atoms with Crippen molar-refractivity contribution in [3.8, 4) is 5.75 Å². The van der Waals surface area contributed by atoms with E-state index >= 15 is 4.39 Å². The van der Waals surface area contributed by atoms with Gasteiger partial charge in [0.15, 0.2) is 0 Å². The lowest BCUT2D eigenvalue weighted by atomic mass is 9.96. The van der Waals surface area contributed by atoms with E-state index in [2.05, 4.69) is 10.4 Å². The van der Waals surface area contributed by atoms with E-state index in [0.717, 1.165) is 12.8 Å². The van der Waals surface area contributed by atoms with E-state index in [1.807, 2.05) is 0 Å². The number of alkyl halides is 1. The van der Waals surface area contributed by atoms with Gasteiger partial charge in [-0.2, -0.15) is 0 Å². The molecule has 5 fully saturated rings. The van der Waals surface area contributed by atoms with Crippen LogP contribution in [0, 0.1) is 17.8 Å². The van der Waals surface area contributed by atoms with Crippen LogP contribution in [0.3, 0.4) is 0 Å². The molecule has 0 spiro atoms. The highest BCUT2D eigenvalue weighted by Crippen LogP contribution is 2.58. The zero-order valence-electron chi connectivity index (χ0n) is 33.4. The number of fused-ring (bicyclic) bond motifs is 3. The molecule has 4 aliphatic heterocycles. The van der Waals surface area contributed by atoms with Crippen molar-refractivity contribution in [2.24, 2.45) is 17.8 Å². The number of amides is 4. The van der Waals surface area contributed by atoms with Crippen LogP contribution in [-0.2, 0) is 33.2 Å². The van der Waals surface area contributed by atoms with Crippen LogP contribution in [0.25, 0.3) is 10.1 Å². The van der Waals surface area contributed by atoms with Crippen molar-refractivity contribution < 1.29 is 46.9 Å². The number of carbonyl (C=O) groups excluding carboxylic acids is 5. The van der Waals surface area contributed by atoms with Gasteiger partial charge in [0.2, 0.25) is 23.6 Å². The maximum atomic E-state index is 16.5. The molecule has 1 saturated carbocycles. The Balaban J connectivity index is 0.961. The van der Waals surface area contributed by atoms with E-state index < -0.39 is 49.5 Å². The van der Waals surface area contributed by atoms with Gasteiger partial charge in [0.05, 0.1) is 30.1 Å². The highest BCUT2D eigenvalue weighted by Gasteiger charge is 2.53. The Kier molecular flexibility index (Phi) is 11.9. The Morgan fingerprint density at radius 2 is 1.64 bits per heavy atom. The number of likely N-dealkylation sites (tertiary alicyclic amines) is 1. The van der Waals surface area contributed by atoms with Gasteiger partial charge < -0.3 is 34.0 Å². The van der Waals surface area contributed by atoms with Crippen molar-refractivity contribution in [1.82, 2.24) is 25.1 Å². The van der Waals surface area contributed by atoms with Crippen molar-refractivity contribution in [2.75, 3.05) is 39.4 Å². The molecule has 8 atom stereocenters. The third kappa shape index (κ3) is 8.78. The van der Waals surface area contributed by atoms with E-state index in [0.29, 0.717) is 85.5 Å². The number of nitrogens with zero attached hydrogens (tertiary/aromatic N) is 3. The summed E-state index contributed by atoms with van der Waals surface area (Å²) in [7, 11) is -4.46. The van der Waals surface area contributed by atoms with Crippen molar-refractivity contribution in [1.29, 1.82) is 0 Å². The largest absolute Gasteiger partial charge is 0.462 e. The average molecular weight is 852 g/mol. The number of para-hydroxylation sites is 1. The molecule has 17 heteroatoms. The number of esters is 1. The number of benzene rings is 2. The van der Waals surface area contributed by atoms with Crippen LogP contribution in [-0.4, -0.2) is 114 Å². The van der Waals surface area contributed by atoms with Gasteiger partial charge in [0.1, 0.15) is 23.9 Å². The van der Waals surface area contributed by atoms with E-state index in [1.54, 1.807) is 58.9 Å². The Morgan fingerprint density at radius 1 is 0.915 bits per heavy atom. The summed E-state index contributed by atoms with van der Waals surface area (Å²) in [6, 6.07) is 11.6. The zero-order valence-corrected chi connectivity index (χ0v) is 35.1. The lowest BCUT2D eigenvalue weighted by Gasteiger charge is -2.44. The SMILES string of the molecule is CC(C)OC(=O)[C@H](C)NP(=O)(Oc1ccccc1)C(F)c1ccc2sc(C(=O)N[C@H]3C[C@@H]4C[C@@H]4C[C@H]4CC[C@@H](C(=O)N5CC(C(=O)N6CCOCC6)C5)N4C3=O)cc2c1. The normalized spacial score (nSPS) is 26.4. The number of ether oxygens (including phenoxy) is 2. The molecule has 5 heterocycles. The van der Waals surface area contributed by atoms with Crippen LogP contribution >= 0.6 is 18.9 Å². The topological polar surface area (TPSA) is 164 Å². The number of hydrogen-bond donors (Lipinski definition) is 2. The highest BCUT2D eigenvalue weighted by atomic mass is 32.1. The number of halogens is 1. The minimum Gasteiger partial charge on any atom is -0.462 e. The van der Waals surface area contributed by atoms with Gasteiger partial charge in [0, 0.05) is 36.9 Å². The number of morpholine rings is 1. The maximum absolute atomic E-state index is 16.5. The van der Waals surface area contributed by atoms with Gasteiger partial charge in [-0.1, -0.05) is 24.3 Å². The molecule has 4 saturated heterocycles. The van der Waals surface area contributed by atoms with E-state index in [9.17, 15) is 28.5 Å². The van der Waals surface area contributed by atoms with Gasteiger partial charge >= 0.3 is 13.5 Å². The Hall–Kier alpha value is -4.37. The molecular weight excluding hydrogens is 801 g/mol. The molecular formula is C42H51FN5O9PS. The third-order valence-corrected chi connectivity index (χ3v) is 15.3. The Labute approximate surface area is 346 Å². The number of thiophene rings is 1. The van der Waals surface area contributed by atoms with Gasteiger partial charge in [-0.05, 0) is 106 Å². The van der Waals surface area contributed by atoms with Gasteiger partial charge in [-0.25, -0.2) is 9.48 Å². The zero-order chi connectivity index (χ0) is 41.6. The monoisotopic (exact) mass is 851 g/mol. The minimum atomic E-state index is -4.46. The first-order chi connectivity index (χ1) is 28.3. The van der Waals surface area contributed by atoms with Crippen molar-refractivity contribution >= 4 is 58.5 Å². The number of hydrogen-bond acceptors (Lipinski definition) is 10. The molecule has 8 rings (SSSR count). The number of rotatable bonds is 12. The Bertz CT molecular complexity index is 2140. The third-order valence-electron chi connectivity index (χ3n) is 12.1. The van der Waals surface area contributed by atoms with Crippen LogP contribution in [0.5, 0.6) is 5.75 Å². The van der Waals surface area contributed by atoms with E-state index in [-0.39, 0.29) is 41.0 Å². The molecule has 0 bridgehead atoms. The molecule has 5 aliphatic rings. The fourth-order valence-corrected chi connectivity index (χ4v) is 11.7. The molecule has 1 aliphatic carbocycles.